The lowest BCUT2D eigenvalue weighted by Gasteiger charge is -2.17. The lowest BCUT2D eigenvalue weighted by molar-refractivity contribution is -0.122. The summed E-state index contributed by atoms with van der Waals surface area (Å²) in [5.41, 5.74) is 3.84. The molecule has 27 heavy (non-hydrogen) atoms. The van der Waals surface area contributed by atoms with E-state index in [1.165, 1.54) is 0 Å². The molecule has 1 aliphatic rings. The van der Waals surface area contributed by atoms with E-state index in [2.05, 4.69) is 10.6 Å². The number of aryl methyl sites for hydroxylation is 1. The van der Waals surface area contributed by atoms with E-state index in [1.807, 2.05) is 62.4 Å². The van der Waals surface area contributed by atoms with Gasteiger partial charge in [0, 0.05) is 30.9 Å². The highest BCUT2D eigenvalue weighted by Crippen LogP contribution is 2.26. The number of hydrogen-bond acceptors (Lipinski definition) is 3. The minimum absolute atomic E-state index is 0. The van der Waals surface area contributed by atoms with Gasteiger partial charge in [-0.1, -0.05) is 42.8 Å². The summed E-state index contributed by atoms with van der Waals surface area (Å²) < 4.78 is 0. The predicted octanol–water partition coefficient (Wildman–Crippen LogP) is 3.52. The largest absolute Gasteiger partial charge is 0.325 e. The Hall–Kier alpha value is -2.37. The summed E-state index contributed by atoms with van der Waals surface area (Å²) in [7, 11) is 0. The van der Waals surface area contributed by atoms with E-state index in [1.54, 1.807) is 4.90 Å². The van der Waals surface area contributed by atoms with Crippen LogP contribution in [0.15, 0.2) is 48.5 Å². The Morgan fingerprint density at radius 1 is 1.15 bits per heavy atom. The number of amides is 2. The standard InChI is InChI=1S/C21H25N3O2.ClH/c1-3-22-13-16-6-4-5-7-19(16)23-21(26)17-12-20(25)24(14-17)18-10-8-15(2)9-11-18;/h4-11,17,22H,3,12-14H2,1-2H3,(H,23,26);1H. The Labute approximate surface area is 166 Å². The first-order chi connectivity index (χ1) is 12.6. The molecule has 3 rings (SSSR count). The van der Waals surface area contributed by atoms with Gasteiger partial charge in [-0.05, 0) is 37.2 Å². The molecular weight excluding hydrogens is 362 g/mol. The molecule has 2 aromatic carbocycles. The zero-order chi connectivity index (χ0) is 18.5. The van der Waals surface area contributed by atoms with Crippen LogP contribution in [0, 0.1) is 12.8 Å². The van der Waals surface area contributed by atoms with E-state index < -0.39 is 0 Å². The number of nitrogens with zero attached hydrogens (tertiary/aromatic N) is 1. The maximum Gasteiger partial charge on any atom is 0.229 e. The quantitative estimate of drug-likeness (QED) is 0.797. The third-order valence-corrected chi connectivity index (χ3v) is 4.68. The van der Waals surface area contributed by atoms with Gasteiger partial charge >= 0.3 is 0 Å². The molecule has 1 saturated heterocycles. The molecule has 1 unspecified atom stereocenters. The van der Waals surface area contributed by atoms with Crippen LogP contribution in [0.5, 0.6) is 0 Å². The molecular formula is C21H26ClN3O2. The van der Waals surface area contributed by atoms with Crippen molar-refractivity contribution >= 4 is 35.6 Å². The van der Waals surface area contributed by atoms with Crippen molar-refractivity contribution in [1.82, 2.24) is 5.32 Å². The highest BCUT2D eigenvalue weighted by molar-refractivity contribution is 6.03. The third kappa shape index (κ3) is 5.08. The van der Waals surface area contributed by atoms with Crippen LogP contribution in [0.2, 0.25) is 0 Å². The third-order valence-electron chi connectivity index (χ3n) is 4.68. The van der Waals surface area contributed by atoms with Gasteiger partial charge in [0.25, 0.3) is 0 Å². The van der Waals surface area contributed by atoms with Crippen molar-refractivity contribution in [1.29, 1.82) is 0 Å². The maximum atomic E-state index is 12.7. The molecule has 5 nitrogen and oxygen atoms in total. The molecule has 0 saturated carbocycles. The van der Waals surface area contributed by atoms with Crippen molar-refractivity contribution in [2.75, 3.05) is 23.3 Å². The lowest BCUT2D eigenvalue weighted by Crippen LogP contribution is -2.28. The highest BCUT2D eigenvalue weighted by Gasteiger charge is 2.35. The van der Waals surface area contributed by atoms with Crippen molar-refractivity contribution in [2.45, 2.75) is 26.8 Å². The van der Waals surface area contributed by atoms with Gasteiger partial charge in [0.2, 0.25) is 11.8 Å². The fraction of sp³-hybridized carbons (Fsp3) is 0.333. The number of para-hydroxylation sites is 1. The Bertz CT molecular complexity index is 792. The summed E-state index contributed by atoms with van der Waals surface area (Å²) in [5, 5.41) is 6.28. The summed E-state index contributed by atoms with van der Waals surface area (Å²) in [4.78, 5) is 26.8. The van der Waals surface area contributed by atoms with Crippen LogP contribution in [-0.2, 0) is 16.1 Å². The number of rotatable bonds is 6. The van der Waals surface area contributed by atoms with Crippen molar-refractivity contribution in [2.24, 2.45) is 5.92 Å². The molecule has 0 radical (unpaired) electrons. The number of anilines is 2. The molecule has 1 aliphatic heterocycles. The molecule has 0 aromatic heterocycles. The topological polar surface area (TPSA) is 61.4 Å². The molecule has 2 amide bonds. The van der Waals surface area contributed by atoms with Gasteiger partial charge in [-0.2, -0.15) is 0 Å². The minimum atomic E-state index is -0.337. The summed E-state index contributed by atoms with van der Waals surface area (Å²) in [6, 6.07) is 15.6. The van der Waals surface area contributed by atoms with Crippen LogP contribution < -0.4 is 15.5 Å². The summed E-state index contributed by atoms with van der Waals surface area (Å²) >= 11 is 0. The van der Waals surface area contributed by atoms with Gasteiger partial charge in [-0.25, -0.2) is 0 Å². The molecule has 144 valence electrons. The Balaban J connectivity index is 0.00000261. The number of halogens is 1. The van der Waals surface area contributed by atoms with Crippen LogP contribution >= 0.6 is 12.4 Å². The summed E-state index contributed by atoms with van der Waals surface area (Å²) in [6.07, 6.45) is 0.245. The van der Waals surface area contributed by atoms with E-state index in [0.717, 1.165) is 29.0 Å². The van der Waals surface area contributed by atoms with Gasteiger partial charge in [-0.15, -0.1) is 12.4 Å². The van der Waals surface area contributed by atoms with E-state index in [9.17, 15) is 9.59 Å². The van der Waals surface area contributed by atoms with E-state index in [4.69, 9.17) is 0 Å². The van der Waals surface area contributed by atoms with Crippen molar-refractivity contribution in [3.05, 3.63) is 59.7 Å². The number of benzene rings is 2. The molecule has 0 bridgehead atoms. The second-order valence-corrected chi connectivity index (χ2v) is 6.67. The minimum Gasteiger partial charge on any atom is -0.325 e. The molecule has 1 heterocycles. The van der Waals surface area contributed by atoms with E-state index in [0.29, 0.717) is 13.1 Å². The average molecular weight is 388 g/mol. The van der Waals surface area contributed by atoms with Gasteiger partial charge in [0.15, 0.2) is 0 Å². The lowest BCUT2D eigenvalue weighted by atomic mass is 10.1. The van der Waals surface area contributed by atoms with Crippen molar-refractivity contribution in [3.63, 3.8) is 0 Å². The first-order valence-electron chi connectivity index (χ1n) is 9.05. The Kier molecular flexibility index (Phi) is 7.39. The number of hydrogen-bond donors (Lipinski definition) is 2. The average Bonchev–Trinajstić information content (AvgIpc) is 3.03. The van der Waals surface area contributed by atoms with Gasteiger partial charge in [0.05, 0.1) is 5.92 Å². The molecule has 1 fully saturated rings. The predicted molar refractivity (Wildman–Crippen MR) is 111 cm³/mol. The van der Waals surface area contributed by atoms with Crippen LogP contribution in [0.1, 0.15) is 24.5 Å². The zero-order valence-electron chi connectivity index (χ0n) is 15.7. The molecule has 2 aromatic rings. The van der Waals surface area contributed by atoms with Crippen LogP contribution in [0.4, 0.5) is 11.4 Å². The van der Waals surface area contributed by atoms with Crippen LogP contribution in [0.3, 0.4) is 0 Å². The molecule has 0 spiro atoms. The van der Waals surface area contributed by atoms with Gasteiger partial charge < -0.3 is 15.5 Å². The first-order valence-corrected chi connectivity index (χ1v) is 9.05. The number of carbonyl (C=O) groups is 2. The normalized spacial score (nSPS) is 16.1. The zero-order valence-corrected chi connectivity index (χ0v) is 16.5. The highest BCUT2D eigenvalue weighted by atomic mass is 35.5. The Morgan fingerprint density at radius 2 is 1.85 bits per heavy atom. The fourth-order valence-corrected chi connectivity index (χ4v) is 3.15. The fourth-order valence-electron chi connectivity index (χ4n) is 3.15. The molecule has 1 atom stereocenters. The van der Waals surface area contributed by atoms with E-state index in [-0.39, 0.29) is 36.6 Å². The van der Waals surface area contributed by atoms with Gasteiger partial charge in [0.1, 0.15) is 0 Å². The summed E-state index contributed by atoms with van der Waals surface area (Å²) in [6.45, 7) is 6.04. The smallest absolute Gasteiger partial charge is 0.229 e. The molecule has 0 aliphatic carbocycles. The maximum absolute atomic E-state index is 12.7. The SMILES string of the molecule is CCNCc1ccccc1NC(=O)C1CC(=O)N(c2ccc(C)cc2)C1.Cl. The number of carbonyl (C=O) groups excluding carboxylic acids is 2. The first kappa shape index (κ1) is 20.9. The van der Waals surface area contributed by atoms with Gasteiger partial charge in [-0.3, -0.25) is 9.59 Å². The van der Waals surface area contributed by atoms with Crippen molar-refractivity contribution in [3.8, 4) is 0 Å². The second-order valence-electron chi connectivity index (χ2n) is 6.67. The number of nitrogens with one attached hydrogen (secondary N) is 2. The monoisotopic (exact) mass is 387 g/mol. The Morgan fingerprint density at radius 3 is 2.56 bits per heavy atom. The second kappa shape index (κ2) is 9.53. The van der Waals surface area contributed by atoms with Crippen molar-refractivity contribution < 1.29 is 9.59 Å². The van der Waals surface area contributed by atoms with E-state index >= 15 is 0 Å². The molecule has 6 heteroatoms. The molecule has 2 N–H and O–H groups in total. The summed E-state index contributed by atoms with van der Waals surface area (Å²) in [5.74, 6) is -0.442. The van der Waals surface area contributed by atoms with Crippen LogP contribution in [-0.4, -0.2) is 24.9 Å². The van der Waals surface area contributed by atoms with Crippen LogP contribution in [0.25, 0.3) is 0 Å².